The summed E-state index contributed by atoms with van der Waals surface area (Å²) in [6.07, 6.45) is 2.38. The van der Waals surface area contributed by atoms with Crippen LogP contribution in [0, 0.1) is 5.92 Å². The minimum absolute atomic E-state index is 0.0164. The van der Waals surface area contributed by atoms with Gasteiger partial charge in [0.05, 0.1) is 25.7 Å². The van der Waals surface area contributed by atoms with E-state index in [2.05, 4.69) is 24.4 Å². The highest BCUT2D eigenvalue weighted by Gasteiger charge is 2.32. The Morgan fingerprint density at radius 1 is 1.38 bits per heavy atom. The smallest absolute Gasteiger partial charge is 0.140 e. The van der Waals surface area contributed by atoms with Gasteiger partial charge in [-0.05, 0) is 30.2 Å². The Kier molecular flexibility index (Phi) is 4.56. The number of carbonyl (C=O) groups excluding carboxylic acids is 1. The summed E-state index contributed by atoms with van der Waals surface area (Å²) in [5.41, 5.74) is 2.50. The molecule has 1 fully saturated rings. The first-order valence-electron chi connectivity index (χ1n) is 7.86. The van der Waals surface area contributed by atoms with Gasteiger partial charge in [0.15, 0.2) is 0 Å². The Hall–Kier alpha value is -1.39. The van der Waals surface area contributed by atoms with Crippen molar-refractivity contribution in [2.75, 3.05) is 26.4 Å². The number of benzene rings is 1. The third kappa shape index (κ3) is 3.27. The van der Waals surface area contributed by atoms with Crippen molar-refractivity contribution in [3.05, 3.63) is 29.3 Å². The SMILES string of the molecule is CCNC1COCC1C(=O)CCc1ccc2c(c1)CCO2. The lowest BCUT2D eigenvalue weighted by atomic mass is 9.93. The van der Waals surface area contributed by atoms with E-state index >= 15 is 0 Å². The molecule has 3 rings (SSSR count). The van der Waals surface area contributed by atoms with Crippen LogP contribution in [0.1, 0.15) is 24.5 Å². The molecular formula is C17H23NO3. The van der Waals surface area contributed by atoms with Gasteiger partial charge in [0.1, 0.15) is 11.5 Å². The second-order valence-electron chi connectivity index (χ2n) is 5.81. The molecule has 2 heterocycles. The number of fused-ring (bicyclic) bond motifs is 1. The highest BCUT2D eigenvalue weighted by atomic mass is 16.5. The van der Waals surface area contributed by atoms with Gasteiger partial charge in [0, 0.05) is 18.9 Å². The Morgan fingerprint density at radius 2 is 2.29 bits per heavy atom. The molecule has 0 aliphatic carbocycles. The molecule has 0 radical (unpaired) electrons. The largest absolute Gasteiger partial charge is 0.493 e. The van der Waals surface area contributed by atoms with Gasteiger partial charge in [0.2, 0.25) is 0 Å². The minimum Gasteiger partial charge on any atom is -0.493 e. The number of carbonyl (C=O) groups is 1. The van der Waals surface area contributed by atoms with Gasteiger partial charge in [-0.1, -0.05) is 19.1 Å². The molecule has 21 heavy (non-hydrogen) atoms. The quantitative estimate of drug-likeness (QED) is 0.867. The third-order valence-corrected chi connectivity index (χ3v) is 4.37. The first-order chi connectivity index (χ1) is 10.3. The zero-order valence-electron chi connectivity index (χ0n) is 12.6. The van der Waals surface area contributed by atoms with E-state index in [0.29, 0.717) is 25.4 Å². The number of aryl methyl sites for hydroxylation is 1. The molecule has 2 aliphatic heterocycles. The van der Waals surface area contributed by atoms with Gasteiger partial charge >= 0.3 is 0 Å². The maximum atomic E-state index is 12.4. The van der Waals surface area contributed by atoms with Crippen LogP contribution in [0.15, 0.2) is 18.2 Å². The maximum Gasteiger partial charge on any atom is 0.140 e. The molecule has 114 valence electrons. The number of likely N-dealkylation sites (N-methyl/N-ethyl adjacent to an activating group) is 1. The number of ketones is 1. The number of hydrogen-bond acceptors (Lipinski definition) is 4. The number of Topliss-reactive ketones (excluding diaryl/α,β-unsaturated/α-hetero) is 1. The van der Waals surface area contributed by atoms with E-state index in [1.807, 2.05) is 6.07 Å². The summed E-state index contributed by atoms with van der Waals surface area (Å²) in [7, 11) is 0. The van der Waals surface area contributed by atoms with E-state index in [4.69, 9.17) is 9.47 Å². The van der Waals surface area contributed by atoms with E-state index in [9.17, 15) is 4.79 Å². The van der Waals surface area contributed by atoms with Crippen LogP contribution in [0.4, 0.5) is 0 Å². The van der Waals surface area contributed by atoms with Crippen LogP contribution in [0.25, 0.3) is 0 Å². The summed E-state index contributed by atoms with van der Waals surface area (Å²) < 4.78 is 11.0. The first-order valence-corrected chi connectivity index (χ1v) is 7.86. The summed E-state index contributed by atoms with van der Waals surface area (Å²) in [5.74, 6) is 1.33. The van der Waals surface area contributed by atoms with E-state index in [1.165, 1.54) is 11.1 Å². The van der Waals surface area contributed by atoms with Crippen molar-refractivity contribution in [3.63, 3.8) is 0 Å². The van der Waals surface area contributed by atoms with Crippen LogP contribution in [-0.2, 0) is 22.4 Å². The van der Waals surface area contributed by atoms with Crippen LogP contribution in [-0.4, -0.2) is 38.2 Å². The van der Waals surface area contributed by atoms with Crippen LogP contribution < -0.4 is 10.1 Å². The van der Waals surface area contributed by atoms with Crippen molar-refractivity contribution in [1.82, 2.24) is 5.32 Å². The van der Waals surface area contributed by atoms with Gasteiger partial charge in [0.25, 0.3) is 0 Å². The molecule has 2 atom stereocenters. The lowest BCUT2D eigenvalue weighted by Crippen LogP contribution is -2.39. The van der Waals surface area contributed by atoms with Gasteiger partial charge in [-0.25, -0.2) is 0 Å². The van der Waals surface area contributed by atoms with Gasteiger partial charge in [-0.2, -0.15) is 0 Å². The van der Waals surface area contributed by atoms with Crippen molar-refractivity contribution in [2.24, 2.45) is 5.92 Å². The predicted octanol–water partition coefficient (Wildman–Crippen LogP) is 1.75. The van der Waals surface area contributed by atoms with Crippen LogP contribution in [0.2, 0.25) is 0 Å². The Labute approximate surface area is 125 Å². The topological polar surface area (TPSA) is 47.6 Å². The summed E-state index contributed by atoms with van der Waals surface area (Å²) in [5, 5.41) is 3.35. The van der Waals surface area contributed by atoms with Gasteiger partial charge < -0.3 is 14.8 Å². The number of nitrogens with one attached hydrogen (secondary N) is 1. The Bertz CT molecular complexity index is 515. The van der Waals surface area contributed by atoms with E-state index < -0.39 is 0 Å². The fourth-order valence-corrected chi connectivity index (χ4v) is 3.18. The van der Waals surface area contributed by atoms with Crippen molar-refractivity contribution in [2.45, 2.75) is 32.2 Å². The van der Waals surface area contributed by atoms with Crippen molar-refractivity contribution in [1.29, 1.82) is 0 Å². The second kappa shape index (κ2) is 6.58. The zero-order chi connectivity index (χ0) is 14.7. The van der Waals surface area contributed by atoms with Crippen molar-refractivity contribution >= 4 is 5.78 Å². The monoisotopic (exact) mass is 289 g/mol. The highest BCUT2D eigenvalue weighted by molar-refractivity contribution is 5.82. The molecule has 4 heteroatoms. The molecule has 1 aromatic rings. The molecule has 0 saturated carbocycles. The lowest BCUT2D eigenvalue weighted by molar-refractivity contribution is -0.123. The summed E-state index contributed by atoms with van der Waals surface area (Å²) >= 11 is 0. The van der Waals surface area contributed by atoms with Crippen molar-refractivity contribution in [3.8, 4) is 5.75 Å². The molecule has 4 nitrogen and oxygen atoms in total. The first kappa shape index (κ1) is 14.5. The van der Waals surface area contributed by atoms with Crippen LogP contribution in [0.5, 0.6) is 5.75 Å². The number of ether oxygens (including phenoxy) is 2. The van der Waals surface area contributed by atoms with Crippen molar-refractivity contribution < 1.29 is 14.3 Å². The molecular weight excluding hydrogens is 266 g/mol. The molecule has 0 spiro atoms. The molecule has 2 aliphatic rings. The average Bonchev–Trinajstić information content (AvgIpc) is 3.13. The summed E-state index contributed by atoms with van der Waals surface area (Å²) in [6, 6.07) is 6.48. The third-order valence-electron chi connectivity index (χ3n) is 4.37. The van der Waals surface area contributed by atoms with Gasteiger partial charge in [-0.3, -0.25) is 4.79 Å². The lowest BCUT2D eigenvalue weighted by Gasteiger charge is -2.17. The molecule has 0 amide bonds. The fraction of sp³-hybridized carbons (Fsp3) is 0.588. The highest BCUT2D eigenvalue weighted by Crippen LogP contribution is 2.26. The zero-order valence-corrected chi connectivity index (χ0v) is 12.6. The molecule has 1 saturated heterocycles. The maximum absolute atomic E-state index is 12.4. The molecule has 1 N–H and O–H groups in total. The molecule has 1 aromatic carbocycles. The minimum atomic E-state index is 0.0164. The summed E-state index contributed by atoms with van der Waals surface area (Å²) in [4.78, 5) is 12.4. The Balaban J connectivity index is 1.56. The van der Waals surface area contributed by atoms with E-state index in [-0.39, 0.29) is 12.0 Å². The summed E-state index contributed by atoms with van der Waals surface area (Å²) in [6.45, 7) is 4.94. The number of rotatable bonds is 6. The predicted molar refractivity (Wildman–Crippen MR) is 80.7 cm³/mol. The molecule has 0 aromatic heterocycles. The standard InChI is InChI=1S/C17H23NO3/c1-2-18-15-11-20-10-14(15)16(19)5-3-12-4-6-17-13(9-12)7-8-21-17/h4,6,9,14-15,18H,2-3,5,7-8,10-11H2,1H3. The average molecular weight is 289 g/mol. The van der Waals surface area contributed by atoms with E-state index in [0.717, 1.165) is 31.7 Å². The van der Waals surface area contributed by atoms with Crippen LogP contribution >= 0.6 is 0 Å². The molecule has 0 bridgehead atoms. The number of hydrogen-bond donors (Lipinski definition) is 1. The fourth-order valence-electron chi connectivity index (χ4n) is 3.18. The van der Waals surface area contributed by atoms with E-state index in [1.54, 1.807) is 0 Å². The molecule has 2 unspecified atom stereocenters. The Morgan fingerprint density at radius 3 is 3.14 bits per heavy atom. The second-order valence-corrected chi connectivity index (χ2v) is 5.81. The van der Waals surface area contributed by atoms with Crippen LogP contribution in [0.3, 0.4) is 0 Å². The van der Waals surface area contributed by atoms with Gasteiger partial charge in [-0.15, -0.1) is 0 Å². The normalized spacial score (nSPS) is 23.9.